The highest BCUT2D eigenvalue weighted by atomic mass is 32.2. The molecule has 0 aliphatic carbocycles. The lowest BCUT2D eigenvalue weighted by molar-refractivity contribution is 0.0383. The Morgan fingerprint density at radius 3 is 2.53 bits per heavy atom. The number of anilines is 1. The molecule has 0 bridgehead atoms. The molecule has 1 atom stereocenters. The summed E-state index contributed by atoms with van der Waals surface area (Å²) in [7, 11) is -1.61. The van der Waals surface area contributed by atoms with Gasteiger partial charge in [0, 0.05) is 31.7 Å². The number of halogens is 1. The largest absolute Gasteiger partial charge is 0.379 e. The van der Waals surface area contributed by atoms with E-state index < -0.39 is 10.8 Å². The van der Waals surface area contributed by atoms with Gasteiger partial charge in [-0.15, -0.1) is 0 Å². The van der Waals surface area contributed by atoms with Crippen LogP contribution in [0.2, 0.25) is 0 Å². The minimum absolute atomic E-state index is 0.139. The molecule has 1 unspecified atom stereocenters. The quantitative estimate of drug-likeness (QED) is 0.555. The third-order valence-corrected chi connectivity index (χ3v) is 7.85. The van der Waals surface area contributed by atoms with E-state index in [2.05, 4.69) is 10.2 Å². The number of benzene rings is 3. The molecule has 0 spiro atoms. The number of carbonyl (C=O) groups is 2. The van der Waals surface area contributed by atoms with Crippen molar-refractivity contribution >= 4 is 28.3 Å². The van der Waals surface area contributed by atoms with E-state index in [1.807, 2.05) is 0 Å². The molecule has 2 aliphatic rings. The van der Waals surface area contributed by atoms with Gasteiger partial charge in [-0.05, 0) is 48.0 Å². The number of hydrogen-bond donors (Lipinski definition) is 1. The molecule has 0 saturated carbocycles. The van der Waals surface area contributed by atoms with Crippen LogP contribution in [0.15, 0.2) is 76.5 Å². The maximum Gasteiger partial charge on any atom is 0.259 e. The minimum Gasteiger partial charge on any atom is -0.379 e. The van der Waals surface area contributed by atoms with Crippen molar-refractivity contribution in [3.63, 3.8) is 0 Å². The molecule has 0 radical (unpaired) electrons. The molecule has 36 heavy (non-hydrogen) atoms. The predicted molar refractivity (Wildman–Crippen MR) is 134 cm³/mol. The van der Waals surface area contributed by atoms with Gasteiger partial charge in [-0.2, -0.15) is 0 Å². The Bertz CT molecular complexity index is 1310. The molecule has 3 aromatic rings. The highest BCUT2D eigenvalue weighted by molar-refractivity contribution is 7.85. The Morgan fingerprint density at radius 2 is 1.75 bits per heavy atom. The average Bonchev–Trinajstić information content (AvgIpc) is 2.99. The van der Waals surface area contributed by atoms with E-state index in [4.69, 9.17) is 4.74 Å². The van der Waals surface area contributed by atoms with E-state index in [0.717, 1.165) is 13.1 Å². The van der Waals surface area contributed by atoms with Crippen LogP contribution in [0.3, 0.4) is 0 Å². The molecular weight excluding hydrogens is 481 g/mol. The summed E-state index contributed by atoms with van der Waals surface area (Å²) in [6.07, 6.45) is 0. The Balaban J connectivity index is 1.45. The number of fused-ring (bicyclic) bond motifs is 2. The number of amides is 2. The monoisotopic (exact) mass is 507 g/mol. The van der Waals surface area contributed by atoms with E-state index in [9.17, 15) is 18.2 Å². The van der Waals surface area contributed by atoms with Gasteiger partial charge in [0.05, 0.1) is 51.6 Å². The molecule has 5 rings (SSSR count). The molecule has 2 heterocycles. The van der Waals surface area contributed by atoms with Crippen LogP contribution < -0.4 is 10.2 Å². The molecule has 3 aromatic carbocycles. The molecule has 1 saturated heterocycles. The molecule has 9 heteroatoms. The number of rotatable bonds is 6. The van der Waals surface area contributed by atoms with Gasteiger partial charge in [0.25, 0.3) is 11.8 Å². The molecule has 2 aliphatic heterocycles. The van der Waals surface area contributed by atoms with E-state index >= 15 is 0 Å². The van der Waals surface area contributed by atoms with Gasteiger partial charge < -0.3 is 15.0 Å². The third-order valence-electron chi connectivity index (χ3n) is 6.35. The zero-order chi connectivity index (χ0) is 25.1. The lowest BCUT2D eigenvalue weighted by atomic mass is 10.1. The van der Waals surface area contributed by atoms with Crippen LogP contribution in [0.1, 0.15) is 26.3 Å². The first kappa shape index (κ1) is 24.3. The summed E-state index contributed by atoms with van der Waals surface area (Å²) in [5.41, 5.74) is 1.82. The highest BCUT2D eigenvalue weighted by Gasteiger charge is 2.31. The van der Waals surface area contributed by atoms with Crippen LogP contribution in [0.25, 0.3) is 0 Å². The summed E-state index contributed by atoms with van der Waals surface area (Å²) in [5, 5.41) is 2.94. The first-order valence-electron chi connectivity index (χ1n) is 11.8. The smallest absolute Gasteiger partial charge is 0.259 e. The van der Waals surface area contributed by atoms with Crippen molar-refractivity contribution in [1.82, 2.24) is 10.2 Å². The van der Waals surface area contributed by atoms with Gasteiger partial charge in [-0.1, -0.05) is 24.3 Å². The van der Waals surface area contributed by atoms with Gasteiger partial charge in [0.1, 0.15) is 5.82 Å². The Morgan fingerprint density at radius 1 is 1.00 bits per heavy atom. The molecule has 1 N–H and O–H groups in total. The van der Waals surface area contributed by atoms with Crippen molar-refractivity contribution in [3.05, 3.63) is 89.2 Å². The second-order valence-corrected chi connectivity index (χ2v) is 10.1. The Kier molecular flexibility index (Phi) is 7.22. The number of hydrogen-bond acceptors (Lipinski definition) is 5. The number of nitrogens with zero attached hydrogens (tertiary/aromatic N) is 2. The number of nitrogens with one attached hydrogen (secondary N) is 1. The van der Waals surface area contributed by atoms with Gasteiger partial charge in [0.2, 0.25) is 0 Å². The fourth-order valence-corrected chi connectivity index (χ4v) is 5.73. The summed E-state index contributed by atoms with van der Waals surface area (Å²) in [5.74, 6) is -0.969. The average molecular weight is 508 g/mol. The van der Waals surface area contributed by atoms with Crippen LogP contribution in [0, 0.1) is 5.82 Å². The summed E-state index contributed by atoms with van der Waals surface area (Å²) < 4.78 is 32.3. The second-order valence-electron chi connectivity index (χ2n) is 8.68. The number of carbonyl (C=O) groups excluding carboxylic acids is 2. The van der Waals surface area contributed by atoms with E-state index in [1.165, 1.54) is 17.0 Å². The third kappa shape index (κ3) is 5.09. The minimum atomic E-state index is -1.61. The standard InChI is InChI=1S/C27H26FN3O4S/c28-21-8-5-19(6-9-21)18-31-23-17-20(26(32)29-11-12-30-13-15-35-16-14-30)7-10-25(23)36(34)24-4-2-1-3-22(24)27(31)33/h1-10,17H,11-16,18H2,(H,29,32). The normalized spacial score (nSPS) is 17.8. The molecule has 7 nitrogen and oxygen atoms in total. The second kappa shape index (κ2) is 10.7. The zero-order valence-electron chi connectivity index (χ0n) is 19.6. The van der Waals surface area contributed by atoms with Gasteiger partial charge in [0.15, 0.2) is 0 Å². The fourth-order valence-electron chi connectivity index (χ4n) is 4.39. The van der Waals surface area contributed by atoms with Crippen molar-refractivity contribution in [2.75, 3.05) is 44.3 Å². The molecule has 186 valence electrons. The maximum absolute atomic E-state index is 13.6. The van der Waals surface area contributed by atoms with Crippen molar-refractivity contribution in [2.24, 2.45) is 0 Å². The Labute approximate surface area is 211 Å². The van der Waals surface area contributed by atoms with Crippen molar-refractivity contribution in [3.8, 4) is 0 Å². The van der Waals surface area contributed by atoms with Crippen LogP contribution in [0.5, 0.6) is 0 Å². The summed E-state index contributed by atoms with van der Waals surface area (Å²) >= 11 is 0. The molecule has 0 aromatic heterocycles. The Hall–Kier alpha value is -3.40. The van der Waals surface area contributed by atoms with Crippen LogP contribution >= 0.6 is 0 Å². The van der Waals surface area contributed by atoms with Gasteiger partial charge in [-0.25, -0.2) is 8.60 Å². The van der Waals surface area contributed by atoms with E-state index in [0.29, 0.717) is 58.5 Å². The molecular formula is C27H26FN3O4S. The number of morpholine rings is 1. The van der Waals surface area contributed by atoms with Gasteiger partial charge in [-0.3, -0.25) is 14.5 Å². The van der Waals surface area contributed by atoms with Crippen molar-refractivity contribution in [2.45, 2.75) is 16.3 Å². The first-order valence-corrected chi connectivity index (χ1v) is 13.0. The maximum atomic E-state index is 13.6. The highest BCUT2D eigenvalue weighted by Crippen LogP contribution is 2.36. The predicted octanol–water partition coefficient (Wildman–Crippen LogP) is 3.21. The lowest BCUT2D eigenvalue weighted by Gasteiger charge is -2.26. The van der Waals surface area contributed by atoms with Gasteiger partial charge >= 0.3 is 0 Å². The summed E-state index contributed by atoms with van der Waals surface area (Å²) in [4.78, 5) is 31.2. The SMILES string of the molecule is O=C(NCCN1CCOCC1)c1ccc2c(c1)N(Cc1ccc(F)cc1)C(=O)c1ccccc1S2=O. The van der Waals surface area contributed by atoms with Crippen LogP contribution in [0.4, 0.5) is 10.1 Å². The zero-order valence-corrected chi connectivity index (χ0v) is 20.4. The van der Waals surface area contributed by atoms with E-state index in [-0.39, 0.29) is 24.2 Å². The summed E-state index contributed by atoms with van der Waals surface area (Å²) in [6, 6.07) is 17.6. The van der Waals surface area contributed by atoms with Crippen LogP contribution in [-0.4, -0.2) is 60.3 Å². The summed E-state index contributed by atoms with van der Waals surface area (Å²) in [6.45, 7) is 4.38. The van der Waals surface area contributed by atoms with Crippen molar-refractivity contribution < 1.29 is 22.9 Å². The van der Waals surface area contributed by atoms with E-state index in [1.54, 1.807) is 54.6 Å². The van der Waals surface area contributed by atoms with Crippen molar-refractivity contribution in [1.29, 1.82) is 0 Å². The molecule has 2 amide bonds. The molecule has 1 fully saturated rings. The van der Waals surface area contributed by atoms with Crippen LogP contribution in [-0.2, 0) is 22.1 Å². The lowest BCUT2D eigenvalue weighted by Crippen LogP contribution is -2.41. The number of ether oxygens (including phenoxy) is 1. The topological polar surface area (TPSA) is 79.0 Å². The fraction of sp³-hybridized carbons (Fsp3) is 0.259. The first-order chi connectivity index (χ1) is 17.5.